The number of carboxylic acid groups (broad SMARTS) is 1. The van der Waals surface area contributed by atoms with Gasteiger partial charge in [-0.3, -0.25) is 4.79 Å². The number of carboxylic acids is 1. The molecule has 5 heteroatoms. The van der Waals surface area contributed by atoms with Gasteiger partial charge >= 0.3 is 0 Å². The second kappa shape index (κ2) is 7.11. The van der Waals surface area contributed by atoms with Crippen LogP contribution in [0.2, 0.25) is 0 Å². The van der Waals surface area contributed by atoms with E-state index in [1.54, 1.807) is 12.1 Å². The van der Waals surface area contributed by atoms with Crippen molar-refractivity contribution in [2.24, 2.45) is 0 Å². The van der Waals surface area contributed by atoms with Crippen LogP contribution in [0.15, 0.2) is 66.7 Å². The van der Waals surface area contributed by atoms with Crippen LogP contribution < -0.4 is 10.0 Å². The summed E-state index contributed by atoms with van der Waals surface area (Å²) in [6, 6.07) is 20.6. The Kier molecular flexibility index (Phi) is 4.50. The van der Waals surface area contributed by atoms with Crippen LogP contribution in [-0.2, 0) is 0 Å². The first-order valence-electron chi connectivity index (χ1n) is 8.96. The number of amides is 1. The molecular formula is C22H19N2O3-. The zero-order valence-corrected chi connectivity index (χ0v) is 14.8. The summed E-state index contributed by atoms with van der Waals surface area (Å²) in [5.41, 5.74) is 1.74. The number of aromatic carboxylic acids is 1. The fourth-order valence-electron chi connectivity index (χ4n) is 3.47. The number of benzene rings is 3. The fraction of sp³-hybridized carbons (Fsp3) is 0.182. The molecule has 0 N–H and O–H groups in total. The van der Waals surface area contributed by atoms with Crippen molar-refractivity contribution in [2.45, 2.75) is 0 Å². The van der Waals surface area contributed by atoms with Crippen LogP contribution in [0.4, 0.5) is 5.69 Å². The van der Waals surface area contributed by atoms with E-state index in [2.05, 4.69) is 35.2 Å². The number of nitrogens with zero attached hydrogens (tertiary/aromatic N) is 2. The van der Waals surface area contributed by atoms with E-state index in [1.165, 1.54) is 28.6 Å². The quantitative estimate of drug-likeness (QED) is 0.719. The van der Waals surface area contributed by atoms with Crippen molar-refractivity contribution in [1.29, 1.82) is 0 Å². The van der Waals surface area contributed by atoms with Crippen molar-refractivity contribution < 1.29 is 14.7 Å². The molecular weight excluding hydrogens is 340 g/mol. The molecule has 0 spiro atoms. The van der Waals surface area contributed by atoms with Gasteiger partial charge in [-0.25, -0.2) is 0 Å². The van der Waals surface area contributed by atoms with Crippen molar-refractivity contribution in [2.75, 3.05) is 31.1 Å². The zero-order valence-electron chi connectivity index (χ0n) is 14.8. The molecule has 0 atom stereocenters. The molecule has 0 unspecified atom stereocenters. The molecule has 1 aliphatic rings. The summed E-state index contributed by atoms with van der Waals surface area (Å²) in [4.78, 5) is 27.6. The molecule has 0 radical (unpaired) electrons. The van der Waals surface area contributed by atoms with E-state index >= 15 is 0 Å². The number of anilines is 1. The van der Waals surface area contributed by atoms with Gasteiger partial charge in [0.15, 0.2) is 0 Å². The van der Waals surface area contributed by atoms with Crippen LogP contribution in [0.3, 0.4) is 0 Å². The van der Waals surface area contributed by atoms with E-state index in [1.807, 2.05) is 17.0 Å². The summed E-state index contributed by atoms with van der Waals surface area (Å²) >= 11 is 0. The molecule has 3 aromatic carbocycles. The molecule has 136 valence electrons. The highest BCUT2D eigenvalue weighted by molar-refractivity contribution is 5.95. The van der Waals surface area contributed by atoms with E-state index in [9.17, 15) is 14.7 Å². The average molecular weight is 359 g/mol. The third-order valence-corrected chi connectivity index (χ3v) is 5.03. The molecule has 1 amide bonds. The molecule has 0 saturated carbocycles. The van der Waals surface area contributed by atoms with Crippen LogP contribution in [-0.4, -0.2) is 43.0 Å². The number of carbonyl (C=O) groups is 2. The number of fused-ring (bicyclic) bond motifs is 1. The monoisotopic (exact) mass is 359 g/mol. The lowest BCUT2D eigenvalue weighted by atomic mass is 10.1. The van der Waals surface area contributed by atoms with Gasteiger partial charge in [0.1, 0.15) is 0 Å². The Morgan fingerprint density at radius 3 is 2.04 bits per heavy atom. The lowest BCUT2D eigenvalue weighted by molar-refractivity contribution is -0.255. The van der Waals surface area contributed by atoms with Crippen LogP contribution in [0.5, 0.6) is 0 Å². The molecule has 1 fully saturated rings. The number of carbonyl (C=O) groups excluding carboxylic acids is 2. The Labute approximate surface area is 157 Å². The van der Waals surface area contributed by atoms with Gasteiger partial charge in [0.25, 0.3) is 5.91 Å². The molecule has 0 aliphatic carbocycles. The van der Waals surface area contributed by atoms with Crippen molar-refractivity contribution in [3.05, 3.63) is 77.9 Å². The van der Waals surface area contributed by atoms with Gasteiger partial charge in [-0.2, -0.15) is 0 Å². The summed E-state index contributed by atoms with van der Waals surface area (Å²) in [6.45, 7) is 2.80. The Balaban J connectivity index is 1.43. The Bertz CT molecular complexity index is 990. The van der Waals surface area contributed by atoms with Crippen molar-refractivity contribution in [3.63, 3.8) is 0 Å². The van der Waals surface area contributed by atoms with Crippen molar-refractivity contribution in [3.8, 4) is 0 Å². The molecule has 4 rings (SSSR count). The number of hydrogen-bond acceptors (Lipinski definition) is 4. The normalized spacial score (nSPS) is 14.4. The van der Waals surface area contributed by atoms with Gasteiger partial charge in [-0.05, 0) is 40.6 Å². The number of hydrogen-bond donors (Lipinski definition) is 0. The molecule has 1 aliphatic heterocycles. The summed E-state index contributed by atoms with van der Waals surface area (Å²) in [6.07, 6.45) is 0. The maximum atomic E-state index is 12.6. The van der Waals surface area contributed by atoms with Crippen LogP contribution in [0, 0.1) is 0 Å². The summed E-state index contributed by atoms with van der Waals surface area (Å²) in [5, 5.41) is 13.3. The summed E-state index contributed by atoms with van der Waals surface area (Å²) in [7, 11) is 0. The van der Waals surface area contributed by atoms with Crippen LogP contribution in [0.25, 0.3) is 10.8 Å². The predicted octanol–water partition coefficient (Wildman–Crippen LogP) is 2.17. The molecule has 1 saturated heterocycles. The Morgan fingerprint density at radius 1 is 0.741 bits per heavy atom. The second-order valence-electron chi connectivity index (χ2n) is 6.68. The molecule has 0 aromatic heterocycles. The van der Waals surface area contributed by atoms with Crippen LogP contribution >= 0.6 is 0 Å². The maximum Gasteiger partial charge on any atom is 0.253 e. The third-order valence-electron chi connectivity index (χ3n) is 5.03. The summed E-state index contributed by atoms with van der Waals surface area (Å²) < 4.78 is 0. The third kappa shape index (κ3) is 3.49. The van der Waals surface area contributed by atoms with E-state index < -0.39 is 5.97 Å². The first kappa shape index (κ1) is 17.1. The van der Waals surface area contributed by atoms with E-state index in [0.29, 0.717) is 18.7 Å². The SMILES string of the molecule is O=C([O-])c1ccc(C(=O)N2CCN(c3ccc4ccccc4c3)CC2)cc1. The van der Waals surface area contributed by atoms with E-state index in [0.717, 1.165) is 13.1 Å². The molecule has 3 aromatic rings. The smallest absolute Gasteiger partial charge is 0.253 e. The highest BCUT2D eigenvalue weighted by atomic mass is 16.4. The van der Waals surface area contributed by atoms with Gasteiger partial charge < -0.3 is 19.7 Å². The topological polar surface area (TPSA) is 63.7 Å². The molecule has 5 nitrogen and oxygen atoms in total. The minimum Gasteiger partial charge on any atom is -0.545 e. The molecule has 1 heterocycles. The largest absolute Gasteiger partial charge is 0.545 e. The average Bonchev–Trinajstić information content (AvgIpc) is 2.73. The van der Waals surface area contributed by atoms with Gasteiger partial charge in [0, 0.05) is 37.4 Å². The standard InChI is InChI=1S/C22H20N2O3/c25-21(17-5-7-18(8-6-17)22(26)27)24-13-11-23(12-14-24)20-10-9-16-3-1-2-4-19(16)15-20/h1-10,15H,11-14H2,(H,26,27)/p-1. The highest BCUT2D eigenvalue weighted by Crippen LogP contribution is 2.23. The molecule has 27 heavy (non-hydrogen) atoms. The van der Waals surface area contributed by atoms with E-state index in [-0.39, 0.29) is 11.5 Å². The number of rotatable bonds is 3. The minimum absolute atomic E-state index is 0.0712. The van der Waals surface area contributed by atoms with Crippen LogP contribution in [0.1, 0.15) is 20.7 Å². The van der Waals surface area contributed by atoms with Gasteiger partial charge in [-0.1, -0.05) is 42.5 Å². The van der Waals surface area contributed by atoms with E-state index in [4.69, 9.17) is 0 Å². The Morgan fingerprint density at radius 2 is 1.37 bits per heavy atom. The van der Waals surface area contributed by atoms with Crippen molar-refractivity contribution >= 4 is 28.3 Å². The van der Waals surface area contributed by atoms with Crippen molar-refractivity contribution in [1.82, 2.24) is 4.90 Å². The Hall–Kier alpha value is -3.34. The second-order valence-corrected chi connectivity index (χ2v) is 6.68. The van der Waals surface area contributed by atoms with Gasteiger partial charge in [0.05, 0.1) is 5.97 Å². The van der Waals surface area contributed by atoms with Gasteiger partial charge in [-0.15, -0.1) is 0 Å². The predicted molar refractivity (Wildman–Crippen MR) is 103 cm³/mol. The highest BCUT2D eigenvalue weighted by Gasteiger charge is 2.22. The lowest BCUT2D eigenvalue weighted by Gasteiger charge is -2.36. The maximum absolute atomic E-state index is 12.6. The first-order chi connectivity index (χ1) is 13.1. The lowest BCUT2D eigenvalue weighted by Crippen LogP contribution is -2.48. The fourth-order valence-corrected chi connectivity index (χ4v) is 3.47. The summed E-state index contributed by atoms with van der Waals surface area (Å²) in [5.74, 6) is -1.31. The molecule has 0 bridgehead atoms. The zero-order chi connectivity index (χ0) is 18.8. The van der Waals surface area contributed by atoms with Gasteiger partial charge in [0.2, 0.25) is 0 Å². The number of piperazine rings is 1. The minimum atomic E-state index is -1.24. The first-order valence-corrected chi connectivity index (χ1v) is 8.96.